The zero-order chi connectivity index (χ0) is 8.20. The third kappa shape index (κ3) is 2.45. The van der Waals surface area contributed by atoms with Crippen molar-refractivity contribution < 1.29 is 19.8 Å². The van der Waals surface area contributed by atoms with Crippen LogP contribution in [0.1, 0.15) is 6.92 Å². The van der Waals surface area contributed by atoms with Crippen LogP contribution in [0, 0.1) is 0 Å². The Balaban J connectivity index is 3.86. The van der Waals surface area contributed by atoms with E-state index in [4.69, 9.17) is 10.2 Å². The van der Waals surface area contributed by atoms with E-state index in [1.54, 1.807) is 0 Å². The Hall–Kier alpha value is -1.10. The molecule has 0 aromatic carbocycles. The number of aliphatic hydroxyl groups is 1. The molecule has 0 radical (unpaired) electrons. The van der Waals surface area contributed by atoms with Gasteiger partial charge in [-0.25, -0.2) is 4.79 Å². The van der Waals surface area contributed by atoms with Crippen molar-refractivity contribution >= 4 is 12.4 Å². The van der Waals surface area contributed by atoms with E-state index in [1.807, 2.05) is 0 Å². The summed E-state index contributed by atoms with van der Waals surface area (Å²) >= 11 is 0. The Morgan fingerprint density at radius 2 is 2.30 bits per heavy atom. The summed E-state index contributed by atoms with van der Waals surface area (Å²) in [5.74, 6) is -1.36. The first kappa shape index (κ1) is 8.90. The minimum Gasteiger partial charge on any atom is -0.479 e. The standard InChI is InChI=1S/C5H9NO4/c1-5(10,4(8)9)2-6-3-7/h3,10H,2H2,1H3,(H,6,7)(H,8,9). The first-order chi connectivity index (χ1) is 4.50. The van der Waals surface area contributed by atoms with Crippen molar-refractivity contribution in [1.29, 1.82) is 0 Å². The third-order valence-corrected chi connectivity index (χ3v) is 0.990. The summed E-state index contributed by atoms with van der Waals surface area (Å²) in [5, 5.41) is 19.2. The molecule has 0 bridgehead atoms. The summed E-state index contributed by atoms with van der Waals surface area (Å²) in [4.78, 5) is 19.8. The van der Waals surface area contributed by atoms with Gasteiger partial charge in [0.05, 0.1) is 6.54 Å². The molecule has 1 amide bonds. The summed E-state index contributed by atoms with van der Waals surface area (Å²) in [7, 11) is 0. The molecule has 0 saturated carbocycles. The third-order valence-electron chi connectivity index (χ3n) is 0.990. The lowest BCUT2D eigenvalue weighted by molar-refractivity contribution is -0.156. The molecule has 0 saturated heterocycles. The van der Waals surface area contributed by atoms with Crippen molar-refractivity contribution in [2.75, 3.05) is 6.54 Å². The lowest BCUT2D eigenvalue weighted by Gasteiger charge is -2.15. The Labute approximate surface area is 57.7 Å². The van der Waals surface area contributed by atoms with E-state index < -0.39 is 11.6 Å². The molecule has 3 N–H and O–H groups in total. The zero-order valence-electron chi connectivity index (χ0n) is 5.50. The van der Waals surface area contributed by atoms with Crippen LogP contribution in [0.3, 0.4) is 0 Å². The Morgan fingerprint density at radius 1 is 1.80 bits per heavy atom. The molecular weight excluding hydrogens is 138 g/mol. The van der Waals surface area contributed by atoms with Crippen LogP contribution >= 0.6 is 0 Å². The van der Waals surface area contributed by atoms with Gasteiger partial charge in [0.15, 0.2) is 5.60 Å². The molecule has 0 aromatic rings. The van der Waals surface area contributed by atoms with Gasteiger partial charge >= 0.3 is 5.97 Å². The van der Waals surface area contributed by atoms with Crippen molar-refractivity contribution in [1.82, 2.24) is 5.32 Å². The van der Waals surface area contributed by atoms with Gasteiger partial charge in [0.2, 0.25) is 6.41 Å². The average Bonchev–Trinajstić information content (AvgIpc) is 1.84. The maximum absolute atomic E-state index is 10.1. The lowest BCUT2D eigenvalue weighted by atomic mass is 10.1. The normalized spacial score (nSPS) is 15.4. The number of hydrogen-bond donors (Lipinski definition) is 3. The Morgan fingerprint density at radius 3 is 2.60 bits per heavy atom. The fourth-order valence-corrected chi connectivity index (χ4v) is 0.316. The largest absolute Gasteiger partial charge is 0.479 e. The van der Waals surface area contributed by atoms with Crippen LogP contribution in [0.2, 0.25) is 0 Å². The molecular formula is C5H9NO4. The van der Waals surface area contributed by atoms with Gasteiger partial charge < -0.3 is 15.5 Å². The van der Waals surface area contributed by atoms with Gasteiger partial charge in [0, 0.05) is 0 Å². The molecule has 0 rings (SSSR count). The van der Waals surface area contributed by atoms with E-state index in [9.17, 15) is 9.59 Å². The Bertz CT molecular complexity index is 143. The van der Waals surface area contributed by atoms with Gasteiger partial charge in [0.25, 0.3) is 0 Å². The topological polar surface area (TPSA) is 86.6 Å². The van der Waals surface area contributed by atoms with Gasteiger partial charge in [-0.1, -0.05) is 0 Å². The molecule has 0 aromatic heterocycles. The quantitative estimate of drug-likeness (QED) is 0.425. The highest BCUT2D eigenvalue weighted by Crippen LogP contribution is 1.99. The highest BCUT2D eigenvalue weighted by molar-refractivity contribution is 5.77. The number of carbonyl (C=O) groups excluding carboxylic acids is 1. The number of rotatable bonds is 4. The average molecular weight is 147 g/mol. The molecule has 1 unspecified atom stereocenters. The minimum absolute atomic E-state index is 0.286. The smallest absolute Gasteiger partial charge is 0.337 e. The molecule has 0 aliphatic heterocycles. The molecule has 5 heteroatoms. The zero-order valence-corrected chi connectivity index (χ0v) is 5.50. The van der Waals surface area contributed by atoms with Crippen LogP contribution in [-0.2, 0) is 9.59 Å². The SMILES string of the molecule is CC(O)(CNC=O)C(=O)O. The van der Waals surface area contributed by atoms with Gasteiger partial charge in [-0.3, -0.25) is 4.79 Å². The molecule has 0 aliphatic carbocycles. The number of hydrogen-bond acceptors (Lipinski definition) is 3. The molecule has 5 nitrogen and oxygen atoms in total. The summed E-state index contributed by atoms with van der Waals surface area (Å²) in [6, 6.07) is 0. The fourth-order valence-electron chi connectivity index (χ4n) is 0.316. The molecule has 0 heterocycles. The van der Waals surface area contributed by atoms with Gasteiger partial charge in [-0.15, -0.1) is 0 Å². The van der Waals surface area contributed by atoms with Crippen LogP contribution in [0.15, 0.2) is 0 Å². The highest BCUT2D eigenvalue weighted by atomic mass is 16.4. The van der Waals surface area contributed by atoms with Crippen LogP contribution < -0.4 is 5.32 Å². The van der Waals surface area contributed by atoms with Crippen molar-refractivity contribution in [3.8, 4) is 0 Å². The molecule has 0 fully saturated rings. The highest BCUT2D eigenvalue weighted by Gasteiger charge is 2.28. The van der Waals surface area contributed by atoms with E-state index in [-0.39, 0.29) is 6.54 Å². The van der Waals surface area contributed by atoms with E-state index in [1.165, 1.54) is 0 Å². The number of carboxylic acids is 1. The number of carbonyl (C=O) groups is 2. The van der Waals surface area contributed by atoms with Crippen LogP contribution in [0.5, 0.6) is 0 Å². The number of nitrogens with one attached hydrogen (secondary N) is 1. The summed E-state index contributed by atoms with van der Waals surface area (Å²) < 4.78 is 0. The second kappa shape index (κ2) is 3.17. The van der Waals surface area contributed by atoms with Gasteiger partial charge in [0.1, 0.15) is 0 Å². The maximum Gasteiger partial charge on any atom is 0.337 e. The predicted molar refractivity (Wildman–Crippen MR) is 32.3 cm³/mol. The van der Waals surface area contributed by atoms with E-state index in [0.29, 0.717) is 6.41 Å². The molecule has 0 aliphatic rings. The molecule has 58 valence electrons. The molecule has 1 atom stereocenters. The first-order valence-electron chi connectivity index (χ1n) is 2.63. The monoisotopic (exact) mass is 147 g/mol. The van der Waals surface area contributed by atoms with Crippen molar-refractivity contribution in [3.63, 3.8) is 0 Å². The minimum atomic E-state index is -1.87. The fraction of sp³-hybridized carbons (Fsp3) is 0.600. The summed E-state index contributed by atoms with van der Waals surface area (Å²) in [6.45, 7) is 0.817. The van der Waals surface area contributed by atoms with Crippen LogP contribution in [-0.4, -0.2) is 34.7 Å². The van der Waals surface area contributed by atoms with Crippen LogP contribution in [0.25, 0.3) is 0 Å². The van der Waals surface area contributed by atoms with E-state index in [0.717, 1.165) is 6.92 Å². The van der Waals surface area contributed by atoms with Crippen LogP contribution in [0.4, 0.5) is 0 Å². The molecule has 0 spiro atoms. The van der Waals surface area contributed by atoms with Crippen molar-refractivity contribution in [2.45, 2.75) is 12.5 Å². The maximum atomic E-state index is 10.1. The molecule has 10 heavy (non-hydrogen) atoms. The van der Waals surface area contributed by atoms with E-state index in [2.05, 4.69) is 5.32 Å². The Kier molecular flexibility index (Phi) is 2.82. The second-order valence-electron chi connectivity index (χ2n) is 2.08. The number of carboxylic acid groups (broad SMARTS) is 1. The van der Waals surface area contributed by atoms with Crippen molar-refractivity contribution in [2.24, 2.45) is 0 Å². The number of amides is 1. The van der Waals surface area contributed by atoms with Gasteiger partial charge in [-0.05, 0) is 6.92 Å². The summed E-state index contributed by atoms with van der Waals surface area (Å²) in [5.41, 5.74) is -1.87. The predicted octanol–water partition coefficient (Wildman–Crippen LogP) is -1.43. The number of aliphatic carboxylic acids is 1. The lowest BCUT2D eigenvalue weighted by Crippen LogP contribution is -2.44. The summed E-state index contributed by atoms with van der Waals surface area (Å²) in [6.07, 6.45) is 0.331. The second-order valence-corrected chi connectivity index (χ2v) is 2.08. The first-order valence-corrected chi connectivity index (χ1v) is 2.63. The van der Waals surface area contributed by atoms with E-state index >= 15 is 0 Å². The van der Waals surface area contributed by atoms with Gasteiger partial charge in [-0.2, -0.15) is 0 Å². The van der Waals surface area contributed by atoms with Crippen molar-refractivity contribution in [3.05, 3.63) is 0 Å².